The number of rotatable bonds is 3. The Bertz CT molecular complexity index is 582. The highest BCUT2D eigenvalue weighted by atomic mass is 19.1. The SMILES string of the molecule is CCNC(=O)c1noc(-c2cc(N)ccc2F)n1. The second kappa shape index (κ2) is 4.82. The first-order chi connectivity index (χ1) is 8.61. The normalized spacial score (nSPS) is 10.3. The van der Waals surface area contributed by atoms with Gasteiger partial charge in [0.05, 0.1) is 5.56 Å². The lowest BCUT2D eigenvalue weighted by atomic mass is 10.2. The second-order valence-electron chi connectivity index (χ2n) is 3.52. The molecule has 0 atom stereocenters. The molecule has 0 radical (unpaired) electrons. The molecule has 2 rings (SSSR count). The highest BCUT2D eigenvalue weighted by molar-refractivity contribution is 5.90. The molecule has 1 amide bonds. The fourth-order valence-electron chi connectivity index (χ4n) is 1.37. The average Bonchev–Trinajstić information content (AvgIpc) is 2.82. The minimum Gasteiger partial charge on any atom is -0.399 e. The number of halogens is 1. The Morgan fingerprint density at radius 3 is 3.06 bits per heavy atom. The van der Waals surface area contributed by atoms with Crippen molar-refractivity contribution in [1.82, 2.24) is 15.5 Å². The second-order valence-corrected chi connectivity index (χ2v) is 3.52. The van der Waals surface area contributed by atoms with Crippen LogP contribution in [-0.2, 0) is 0 Å². The van der Waals surface area contributed by atoms with Crippen molar-refractivity contribution in [2.45, 2.75) is 6.92 Å². The molecule has 0 aliphatic heterocycles. The Labute approximate surface area is 102 Å². The van der Waals surface area contributed by atoms with Gasteiger partial charge in [0.15, 0.2) is 0 Å². The molecule has 7 heteroatoms. The van der Waals surface area contributed by atoms with Gasteiger partial charge in [-0.05, 0) is 25.1 Å². The van der Waals surface area contributed by atoms with Gasteiger partial charge in [0.2, 0.25) is 0 Å². The number of aromatic nitrogens is 2. The van der Waals surface area contributed by atoms with Crippen molar-refractivity contribution >= 4 is 11.6 Å². The van der Waals surface area contributed by atoms with Crippen LogP contribution in [0.4, 0.5) is 10.1 Å². The topological polar surface area (TPSA) is 94.0 Å². The van der Waals surface area contributed by atoms with Gasteiger partial charge in [-0.3, -0.25) is 4.79 Å². The molecule has 1 aromatic carbocycles. The van der Waals surface area contributed by atoms with Crippen molar-refractivity contribution < 1.29 is 13.7 Å². The summed E-state index contributed by atoms with van der Waals surface area (Å²) in [4.78, 5) is 15.2. The fraction of sp³-hybridized carbons (Fsp3) is 0.182. The quantitative estimate of drug-likeness (QED) is 0.798. The largest absolute Gasteiger partial charge is 0.399 e. The van der Waals surface area contributed by atoms with Crippen LogP contribution in [-0.4, -0.2) is 22.6 Å². The first-order valence-electron chi connectivity index (χ1n) is 5.29. The van der Waals surface area contributed by atoms with Crippen LogP contribution in [0, 0.1) is 5.82 Å². The lowest BCUT2D eigenvalue weighted by molar-refractivity contribution is 0.0942. The number of nitrogens with two attached hydrogens (primary N) is 1. The van der Waals surface area contributed by atoms with Crippen LogP contribution in [0.3, 0.4) is 0 Å². The predicted octanol–water partition coefficient (Wildman–Crippen LogP) is 1.21. The third-order valence-electron chi connectivity index (χ3n) is 2.19. The van der Waals surface area contributed by atoms with E-state index in [1.54, 1.807) is 6.92 Å². The minimum atomic E-state index is -0.546. The molecule has 2 aromatic rings. The Hall–Kier alpha value is -2.44. The summed E-state index contributed by atoms with van der Waals surface area (Å²) in [5, 5.41) is 5.99. The Morgan fingerprint density at radius 1 is 1.56 bits per heavy atom. The summed E-state index contributed by atoms with van der Waals surface area (Å²) in [6.07, 6.45) is 0. The van der Waals surface area contributed by atoms with Gasteiger partial charge < -0.3 is 15.6 Å². The van der Waals surface area contributed by atoms with Gasteiger partial charge in [-0.1, -0.05) is 5.16 Å². The number of hydrogen-bond donors (Lipinski definition) is 2. The van der Waals surface area contributed by atoms with Crippen molar-refractivity contribution in [2.24, 2.45) is 0 Å². The number of amides is 1. The molecule has 0 unspecified atom stereocenters. The molecule has 0 fully saturated rings. The maximum absolute atomic E-state index is 13.5. The molecule has 0 aliphatic rings. The third-order valence-corrected chi connectivity index (χ3v) is 2.19. The van der Waals surface area contributed by atoms with Gasteiger partial charge in [-0.2, -0.15) is 4.98 Å². The van der Waals surface area contributed by atoms with E-state index in [2.05, 4.69) is 15.5 Å². The zero-order valence-corrected chi connectivity index (χ0v) is 9.61. The van der Waals surface area contributed by atoms with E-state index in [1.807, 2.05) is 0 Å². The maximum Gasteiger partial charge on any atom is 0.292 e. The number of benzene rings is 1. The van der Waals surface area contributed by atoms with Crippen molar-refractivity contribution in [2.75, 3.05) is 12.3 Å². The summed E-state index contributed by atoms with van der Waals surface area (Å²) in [6.45, 7) is 2.20. The van der Waals surface area contributed by atoms with Gasteiger partial charge in [0.25, 0.3) is 17.6 Å². The summed E-state index contributed by atoms with van der Waals surface area (Å²) >= 11 is 0. The number of hydrogen-bond acceptors (Lipinski definition) is 5. The number of carbonyl (C=O) groups is 1. The minimum absolute atomic E-state index is 0.0676. The molecule has 0 spiro atoms. The molecule has 0 bridgehead atoms. The summed E-state index contributed by atoms with van der Waals surface area (Å²) in [7, 11) is 0. The number of anilines is 1. The van der Waals surface area contributed by atoms with Gasteiger partial charge in [-0.25, -0.2) is 4.39 Å². The monoisotopic (exact) mass is 250 g/mol. The molecule has 0 aliphatic carbocycles. The van der Waals surface area contributed by atoms with E-state index >= 15 is 0 Å². The maximum atomic E-state index is 13.5. The van der Waals surface area contributed by atoms with Crippen molar-refractivity contribution in [1.29, 1.82) is 0 Å². The summed E-state index contributed by atoms with van der Waals surface area (Å²) < 4.78 is 18.4. The third kappa shape index (κ3) is 2.29. The van der Waals surface area contributed by atoms with E-state index in [1.165, 1.54) is 18.2 Å². The molecule has 3 N–H and O–H groups in total. The summed E-state index contributed by atoms with van der Waals surface area (Å²) in [5.41, 5.74) is 5.98. The number of nitrogens with zero attached hydrogens (tertiary/aromatic N) is 2. The molecule has 6 nitrogen and oxygen atoms in total. The van der Waals surface area contributed by atoms with E-state index in [0.717, 1.165) is 0 Å². The van der Waals surface area contributed by atoms with E-state index in [4.69, 9.17) is 10.3 Å². The first kappa shape index (κ1) is 12.0. The van der Waals surface area contributed by atoms with Gasteiger partial charge in [-0.15, -0.1) is 0 Å². The van der Waals surface area contributed by atoms with Crippen LogP contribution in [0.25, 0.3) is 11.5 Å². The van der Waals surface area contributed by atoms with Crippen LogP contribution in [0.2, 0.25) is 0 Å². The summed E-state index contributed by atoms with van der Waals surface area (Å²) in [5.74, 6) is -1.25. The standard InChI is InChI=1S/C11H11FN4O2/c1-2-14-10(17)9-15-11(18-16-9)7-5-6(13)3-4-8(7)12/h3-5H,2,13H2,1H3,(H,14,17). The number of nitrogen functional groups attached to an aromatic ring is 1. The zero-order chi connectivity index (χ0) is 13.1. The molecular formula is C11H11FN4O2. The lowest BCUT2D eigenvalue weighted by Gasteiger charge is -1.98. The highest BCUT2D eigenvalue weighted by Crippen LogP contribution is 2.23. The van der Waals surface area contributed by atoms with Gasteiger partial charge in [0, 0.05) is 12.2 Å². The molecule has 1 heterocycles. The Morgan fingerprint density at radius 2 is 2.33 bits per heavy atom. The average molecular weight is 250 g/mol. The molecule has 0 saturated heterocycles. The molecule has 94 valence electrons. The molecule has 18 heavy (non-hydrogen) atoms. The molecular weight excluding hydrogens is 239 g/mol. The van der Waals surface area contributed by atoms with Gasteiger partial charge >= 0.3 is 0 Å². The van der Waals surface area contributed by atoms with E-state index in [0.29, 0.717) is 12.2 Å². The van der Waals surface area contributed by atoms with Crippen LogP contribution in [0.5, 0.6) is 0 Å². The van der Waals surface area contributed by atoms with E-state index in [-0.39, 0.29) is 17.3 Å². The van der Waals surface area contributed by atoms with E-state index < -0.39 is 11.7 Å². The van der Waals surface area contributed by atoms with Crippen LogP contribution in [0.15, 0.2) is 22.7 Å². The van der Waals surface area contributed by atoms with Crippen LogP contribution >= 0.6 is 0 Å². The van der Waals surface area contributed by atoms with Crippen molar-refractivity contribution in [3.05, 3.63) is 29.8 Å². The number of nitrogens with one attached hydrogen (secondary N) is 1. The predicted molar refractivity (Wildman–Crippen MR) is 62.1 cm³/mol. The first-order valence-corrected chi connectivity index (χ1v) is 5.29. The zero-order valence-electron chi connectivity index (χ0n) is 9.61. The highest BCUT2D eigenvalue weighted by Gasteiger charge is 2.17. The van der Waals surface area contributed by atoms with Crippen molar-refractivity contribution in [3.8, 4) is 11.5 Å². The Balaban J connectivity index is 2.35. The fourth-order valence-corrected chi connectivity index (χ4v) is 1.37. The van der Waals surface area contributed by atoms with Crippen LogP contribution in [0.1, 0.15) is 17.5 Å². The Kier molecular flexibility index (Phi) is 3.22. The molecule has 0 saturated carbocycles. The van der Waals surface area contributed by atoms with E-state index in [9.17, 15) is 9.18 Å². The smallest absolute Gasteiger partial charge is 0.292 e. The number of carbonyl (C=O) groups excluding carboxylic acids is 1. The molecule has 1 aromatic heterocycles. The van der Waals surface area contributed by atoms with Crippen molar-refractivity contribution in [3.63, 3.8) is 0 Å². The summed E-state index contributed by atoms with van der Waals surface area (Å²) in [6, 6.07) is 3.98. The van der Waals surface area contributed by atoms with Crippen LogP contribution < -0.4 is 11.1 Å². The van der Waals surface area contributed by atoms with Gasteiger partial charge in [0.1, 0.15) is 5.82 Å². The lowest BCUT2D eigenvalue weighted by Crippen LogP contribution is -2.23.